The number of hydrogen-bond donors (Lipinski definition) is 0. The number of likely N-dealkylation sites (N-methyl/N-ethyl adjacent to an activating group) is 1. The van der Waals surface area contributed by atoms with Gasteiger partial charge in [-0.15, -0.1) is 0 Å². The molecule has 2 heterocycles. The molecule has 2 aliphatic heterocycles. The maximum atomic E-state index is 5.51. The van der Waals surface area contributed by atoms with E-state index in [9.17, 15) is 0 Å². The minimum atomic E-state index is 0.579. The Morgan fingerprint density at radius 3 is 3.11 bits per heavy atom. The molecule has 2 atom stereocenters. The van der Waals surface area contributed by atoms with E-state index in [2.05, 4.69) is 11.9 Å². The molecule has 52 valence electrons. The Hall–Kier alpha value is -0.0800. The zero-order chi connectivity index (χ0) is 6.27. The highest BCUT2D eigenvalue weighted by Gasteiger charge is 2.36. The highest BCUT2D eigenvalue weighted by Crippen LogP contribution is 2.26. The van der Waals surface area contributed by atoms with Crippen molar-refractivity contribution >= 4 is 0 Å². The van der Waals surface area contributed by atoms with Gasteiger partial charge in [-0.3, -0.25) is 0 Å². The molecule has 2 heteroatoms. The summed E-state index contributed by atoms with van der Waals surface area (Å²) in [6.07, 6.45) is 3.08. The van der Waals surface area contributed by atoms with Crippen LogP contribution in [0.2, 0.25) is 0 Å². The van der Waals surface area contributed by atoms with Crippen LogP contribution >= 0.6 is 0 Å². The van der Waals surface area contributed by atoms with Crippen LogP contribution in [-0.2, 0) is 4.74 Å². The molecule has 0 amide bonds. The fraction of sp³-hybridized carbons (Fsp3) is 1.00. The molecule has 0 aromatic carbocycles. The van der Waals surface area contributed by atoms with Crippen molar-refractivity contribution in [2.24, 2.45) is 0 Å². The van der Waals surface area contributed by atoms with Crippen molar-refractivity contribution in [3.63, 3.8) is 0 Å². The predicted octanol–water partition coefficient (Wildman–Crippen LogP) is 0.479. The van der Waals surface area contributed by atoms with E-state index in [1.807, 2.05) is 0 Å². The summed E-state index contributed by atoms with van der Waals surface area (Å²) >= 11 is 0. The quantitative estimate of drug-likeness (QED) is 0.469. The summed E-state index contributed by atoms with van der Waals surface area (Å²) in [7, 11) is 2.19. The van der Waals surface area contributed by atoms with Crippen LogP contribution in [0.25, 0.3) is 0 Å². The molecular weight excluding hydrogens is 114 g/mol. The van der Waals surface area contributed by atoms with Crippen LogP contribution in [0.15, 0.2) is 0 Å². The molecule has 0 N–H and O–H groups in total. The van der Waals surface area contributed by atoms with Crippen LogP contribution in [0.1, 0.15) is 12.8 Å². The first-order valence-electron chi connectivity index (χ1n) is 3.70. The highest BCUT2D eigenvalue weighted by molar-refractivity contribution is 4.89. The van der Waals surface area contributed by atoms with Crippen molar-refractivity contribution in [1.29, 1.82) is 0 Å². The van der Waals surface area contributed by atoms with Gasteiger partial charge in [0.15, 0.2) is 0 Å². The van der Waals surface area contributed by atoms with Gasteiger partial charge in [-0.1, -0.05) is 0 Å². The lowest BCUT2D eigenvalue weighted by Gasteiger charge is -2.15. The highest BCUT2D eigenvalue weighted by atomic mass is 16.5. The molecular formula is C7H13NO. The second kappa shape index (κ2) is 1.96. The van der Waals surface area contributed by atoms with Gasteiger partial charge in [-0.25, -0.2) is 0 Å². The van der Waals surface area contributed by atoms with Gasteiger partial charge >= 0.3 is 0 Å². The van der Waals surface area contributed by atoms with E-state index in [1.165, 1.54) is 19.4 Å². The maximum Gasteiger partial charge on any atom is 0.0743 e. The average Bonchev–Trinajstić information content (AvgIpc) is 2.35. The van der Waals surface area contributed by atoms with Gasteiger partial charge in [-0.2, -0.15) is 0 Å². The fourth-order valence-corrected chi connectivity index (χ4v) is 1.91. The van der Waals surface area contributed by atoms with Crippen molar-refractivity contribution < 1.29 is 4.74 Å². The van der Waals surface area contributed by atoms with E-state index < -0.39 is 0 Å². The molecule has 9 heavy (non-hydrogen) atoms. The lowest BCUT2D eigenvalue weighted by molar-refractivity contribution is 0.108. The third-order valence-electron chi connectivity index (χ3n) is 2.51. The third-order valence-corrected chi connectivity index (χ3v) is 2.51. The molecule has 0 aromatic rings. The first kappa shape index (κ1) is 5.69. The Bertz CT molecular complexity index is 115. The SMILES string of the molecule is CN1CCC2OCC[C@@H]21. The standard InChI is InChI=1S/C7H13NO/c1-8-4-2-7-6(8)3-5-9-7/h6-7H,2-5H2,1H3/t6-,7?/m0/s1. The van der Waals surface area contributed by atoms with Crippen molar-refractivity contribution in [3.8, 4) is 0 Å². The van der Waals surface area contributed by atoms with E-state index in [4.69, 9.17) is 4.74 Å². The Morgan fingerprint density at radius 2 is 2.33 bits per heavy atom. The van der Waals surface area contributed by atoms with Crippen LogP contribution in [0.5, 0.6) is 0 Å². The van der Waals surface area contributed by atoms with Gasteiger partial charge in [0.1, 0.15) is 0 Å². The Labute approximate surface area is 55.8 Å². The summed E-state index contributed by atoms with van der Waals surface area (Å²) in [6, 6.07) is 0.755. The second-order valence-electron chi connectivity index (χ2n) is 3.03. The van der Waals surface area contributed by atoms with Gasteiger partial charge in [0.05, 0.1) is 6.10 Å². The largest absolute Gasteiger partial charge is 0.376 e. The van der Waals surface area contributed by atoms with Crippen LogP contribution in [0, 0.1) is 0 Å². The Kier molecular flexibility index (Phi) is 1.24. The maximum absolute atomic E-state index is 5.51. The summed E-state index contributed by atoms with van der Waals surface area (Å²) in [5, 5.41) is 0. The number of rotatable bonds is 0. The van der Waals surface area contributed by atoms with Crippen LogP contribution in [0.3, 0.4) is 0 Å². The molecule has 1 unspecified atom stereocenters. The molecule has 2 nitrogen and oxygen atoms in total. The summed E-state index contributed by atoms with van der Waals surface area (Å²) in [5.74, 6) is 0. The van der Waals surface area contributed by atoms with Crippen molar-refractivity contribution in [1.82, 2.24) is 4.90 Å². The number of hydrogen-bond acceptors (Lipinski definition) is 2. The number of ether oxygens (including phenoxy) is 1. The molecule has 2 aliphatic rings. The number of fused-ring (bicyclic) bond motifs is 1. The Morgan fingerprint density at radius 1 is 1.44 bits per heavy atom. The summed E-state index contributed by atoms with van der Waals surface area (Å²) in [4.78, 5) is 2.41. The number of likely N-dealkylation sites (tertiary alicyclic amines) is 1. The second-order valence-corrected chi connectivity index (χ2v) is 3.03. The molecule has 0 aromatic heterocycles. The van der Waals surface area contributed by atoms with Gasteiger partial charge in [0.2, 0.25) is 0 Å². The molecule has 2 saturated heterocycles. The van der Waals surface area contributed by atoms with E-state index >= 15 is 0 Å². The van der Waals surface area contributed by atoms with Crippen LogP contribution in [-0.4, -0.2) is 37.2 Å². The van der Waals surface area contributed by atoms with Crippen molar-refractivity contribution in [2.75, 3.05) is 20.2 Å². The molecule has 0 saturated carbocycles. The smallest absolute Gasteiger partial charge is 0.0743 e. The average molecular weight is 127 g/mol. The van der Waals surface area contributed by atoms with E-state index in [0.717, 1.165) is 12.6 Å². The van der Waals surface area contributed by atoms with E-state index in [0.29, 0.717) is 6.10 Å². The molecule has 0 bridgehead atoms. The zero-order valence-electron chi connectivity index (χ0n) is 5.84. The minimum absolute atomic E-state index is 0.579. The van der Waals surface area contributed by atoms with E-state index in [1.54, 1.807) is 0 Å². The third kappa shape index (κ3) is 0.775. The first-order valence-corrected chi connectivity index (χ1v) is 3.70. The van der Waals surface area contributed by atoms with Crippen molar-refractivity contribution in [3.05, 3.63) is 0 Å². The van der Waals surface area contributed by atoms with Gasteiger partial charge in [0, 0.05) is 19.2 Å². The monoisotopic (exact) mass is 127 g/mol. The zero-order valence-corrected chi connectivity index (χ0v) is 5.84. The molecule has 2 fully saturated rings. The molecule has 0 aliphatic carbocycles. The van der Waals surface area contributed by atoms with Crippen LogP contribution in [0.4, 0.5) is 0 Å². The molecule has 0 radical (unpaired) electrons. The topological polar surface area (TPSA) is 12.5 Å². The Balaban J connectivity index is 2.07. The first-order chi connectivity index (χ1) is 4.38. The summed E-state index contributed by atoms with van der Waals surface area (Å²) in [6.45, 7) is 2.22. The lowest BCUT2D eigenvalue weighted by Crippen LogP contribution is -2.27. The fourth-order valence-electron chi connectivity index (χ4n) is 1.91. The van der Waals surface area contributed by atoms with Gasteiger partial charge in [-0.05, 0) is 19.9 Å². The minimum Gasteiger partial charge on any atom is -0.376 e. The predicted molar refractivity (Wildman–Crippen MR) is 35.4 cm³/mol. The summed E-state index contributed by atoms with van der Waals surface area (Å²) < 4.78 is 5.51. The number of nitrogens with zero attached hydrogens (tertiary/aromatic N) is 1. The van der Waals surface area contributed by atoms with Gasteiger partial charge < -0.3 is 9.64 Å². The molecule has 2 rings (SSSR count). The van der Waals surface area contributed by atoms with Gasteiger partial charge in [0.25, 0.3) is 0 Å². The van der Waals surface area contributed by atoms with Crippen LogP contribution < -0.4 is 0 Å². The van der Waals surface area contributed by atoms with E-state index in [-0.39, 0.29) is 0 Å². The lowest BCUT2D eigenvalue weighted by atomic mass is 10.1. The molecule has 0 spiro atoms. The summed E-state index contributed by atoms with van der Waals surface area (Å²) in [5.41, 5.74) is 0. The van der Waals surface area contributed by atoms with Crippen molar-refractivity contribution in [2.45, 2.75) is 25.0 Å². The normalized spacial score (nSPS) is 43.7.